The summed E-state index contributed by atoms with van der Waals surface area (Å²) in [5.74, 6) is 4.27. The Balaban J connectivity index is 1.53. The zero-order valence-corrected chi connectivity index (χ0v) is 21.3. The molecule has 0 aliphatic heterocycles. The van der Waals surface area contributed by atoms with Crippen molar-refractivity contribution < 1.29 is 14.3 Å². The van der Waals surface area contributed by atoms with Crippen LogP contribution in [0.4, 0.5) is 0 Å². The first-order valence-corrected chi connectivity index (χ1v) is 13.4. The van der Waals surface area contributed by atoms with Crippen LogP contribution in [0.5, 0.6) is 0 Å². The van der Waals surface area contributed by atoms with Gasteiger partial charge in [0.1, 0.15) is 0 Å². The molecule has 178 valence electrons. The average molecular weight is 441 g/mol. The van der Waals surface area contributed by atoms with Gasteiger partial charge in [-0.15, -0.1) is 0 Å². The van der Waals surface area contributed by atoms with Crippen molar-refractivity contribution in [3.05, 3.63) is 11.1 Å². The minimum Gasteiger partial charge on any atom is -0.469 e. The molecule has 32 heavy (non-hydrogen) atoms. The molecule has 5 aliphatic carbocycles. The van der Waals surface area contributed by atoms with E-state index in [1.165, 1.54) is 37.7 Å². The number of carbonyl (C=O) groups excluding carboxylic acids is 2. The van der Waals surface area contributed by atoms with Crippen molar-refractivity contribution in [2.24, 2.45) is 51.8 Å². The van der Waals surface area contributed by atoms with Crippen molar-refractivity contribution in [3.63, 3.8) is 0 Å². The van der Waals surface area contributed by atoms with E-state index < -0.39 is 0 Å². The minimum atomic E-state index is -0.231. The van der Waals surface area contributed by atoms with Gasteiger partial charge in [-0.2, -0.15) is 0 Å². The second-order valence-corrected chi connectivity index (χ2v) is 13.0. The molecule has 8 atom stereocenters. The molecule has 0 aromatic rings. The number of rotatable bonds is 2. The maximum atomic E-state index is 13.2. The number of fused-ring (bicyclic) bond motifs is 7. The highest BCUT2D eigenvalue weighted by molar-refractivity contribution is 5.96. The predicted octanol–water partition coefficient (Wildman–Crippen LogP) is 6.75. The number of hydrogen-bond acceptors (Lipinski definition) is 3. The summed E-state index contributed by atoms with van der Waals surface area (Å²) in [7, 11) is 1.60. The molecule has 0 aromatic carbocycles. The second-order valence-electron chi connectivity index (χ2n) is 13.0. The lowest BCUT2D eigenvalue weighted by Gasteiger charge is -2.65. The molecule has 5 aliphatic rings. The zero-order valence-electron chi connectivity index (χ0n) is 21.3. The van der Waals surface area contributed by atoms with Crippen LogP contribution in [-0.2, 0) is 14.3 Å². The van der Waals surface area contributed by atoms with Crippen LogP contribution in [0.2, 0.25) is 0 Å². The Bertz CT molecular complexity index is 854. The molecule has 4 saturated carbocycles. The summed E-state index contributed by atoms with van der Waals surface area (Å²) in [6, 6.07) is 0. The van der Waals surface area contributed by atoms with Gasteiger partial charge in [-0.25, -0.2) is 0 Å². The Labute approximate surface area is 195 Å². The molecular formula is C29H44O3. The van der Waals surface area contributed by atoms with Gasteiger partial charge in [0, 0.05) is 6.42 Å². The first-order valence-electron chi connectivity index (χ1n) is 13.4. The molecule has 0 heterocycles. The van der Waals surface area contributed by atoms with E-state index in [9.17, 15) is 9.59 Å². The quantitative estimate of drug-likeness (QED) is 0.446. The van der Waals surface area contributed by atoms with Crippen molar-refractivity contribution in [1.29, 1.82) is 0 Å². The lowest BCUT2D eigenvalue weighted by molar-refractivity contribution is -0.177. The van der Waals surface area contributed by atoms with Gasteiger partial charge < -0.3 is 4.74 Å². The number of hydrogen-bond donors (Lipinski definition) is 0. The Morgan fingerprint density at radius 1 is 1.00 bits per heavy atom. The van der Waals surface area contributed by atoms with E-state index in [1.54, 1.807) is 7.11 Å². The van der Waals surface area contributed by atoms with Gasteiger partial charge in [0.2, 0.25) is 0 Å². The zero-order chi connectivity index (χ0) is 23.1. The highest BCUT2D eigenvalue weighted by Gasteiger charge is 2.66. The van der Waals surface area contributed by atoms with Crippen LogP contribution in [0, 0.1) is 51.8 Å². The maximum absolute atomic E-state index is 13.2. The van der Waals surface area contributed by atoms with Crippen molar-refractivity contribution >= 4 is 11.8 Å². The average Bonchev–Trinajstić information content (AvgIpc) is 3.17. The fraction of sp³-hybridized carbons (Fsp3) is 0.862. The van der Waals surface area contributed by atoms with Gasteiger partial charge in [-0.05, 0) is 117 Å². The van der Waals surface area contributed by atoms with Crippen LogP contribution in [0.15, 0.2) is 11.1 Å². The fourth-order valence-electron chi connectivity index (χ4n) is 10.5. The van der Waals surface area contributed by atoms with E-state index in [2.05, 4.69) is 34.6 Å². The summed E-state index contributed by atoms with van der Waals surface area (Å²) in [4.78, 5) is 25.7. The van der Waals surface area contributed by atoms with Gasteiger partial charge >= 0.3 is 5.97 Å². The second kappa shape index (κ2) is 7.44. The first-order chi connectivity index (χ1) is 15.1. The number of esters is 1. The number of ether oxygens (including phenoxy) is 1. The first kappa shape index (κ1) is 22.7. The van der Waals surface area contributed by atoms with Crippen molar-refractivity contribution in [1.82, 2.24) is 0 Å². The van der Waals surface area contributed by atoms with E-state index in [4.69, 9.17) is 4.74 Å². The number of methoxy groups -OCH3 is 1. The fourth-order valence-corrected chi connectivity index (χ4v) is 10.5. The molecule has 5 rings (SSSR count). The van der Waals surface area contributed by atoms with E-state index in [-0.39, 0.29) is 16.8 Å². The van der Waals surface area contributed by atoms with E-state index in [1.807, 2.05) is 0 Å². The van der Waals surface area contributed by atoms with Gasteiger partial charge in [0.25, 0.3) is 0 Å². The normalized spacial score (nSPS) is 48.1. The summed E-state index contributed by atoms with van der Waals surface area (Å²) in [6.07, 6.45) is 11.0. The Morgan fingerprint density at radius 3 is 2.41 bits per heavy atom. The van der Waals surface area contributed by atoms with Crippen LogP contribution in [0.25, 0.3) is 0 Å². The smallest absolute Gasteiger partial charge is 0.312 e. The van der Waals surface area contributed by atoms with Crippen LogP contribution in [0.1, 0.15) is 98.8 Å². The monoisotopic (exact) mass is 440 g/mol. The van der Waals surface area contributed by atoms with Crippen molar-refractivity contribution in [2.75, 3.05) is 7.11 Å². The molecule has 0 aromatic heterocycles. The molecule has 0 spiro atoms. The maximum Gasteiger partial charge on any atom is 0.312 e. The van der Waals surface area contributed by atoms with E-state index in [0.29, 0.717) is 46.7 Å². The third-order valence-corrected chi connectivity index (χ3v) is 11.9. The summed E-state index contributed by atoms with van der Waals surface area (Å²) >= 11 is 0. The van der Waals surface area contributed by atoms with Crippen molar-refractivity contribution in [2.45, 2.75) is 98.8 Å². The third kappa shape index (κ3) is 2.78. The molecule has 3 nitrogen and oxygen atoms in total. The van der Waals surface area contributed by atoms with Crippen LogP contribution in [-0.4, -0.2) is 18.9 Å². The van der Waals surface area contributed by atoms with Gasteiger partial charge in [-0.1, -0.05) is 33.3 Å². The predicted molar refractivity (Wildman–Crippen MR) is 127 cm³/mol. The largest absolute Gasteiger partial charge is 0.469 e. The molecule has 0 N–H and O–H groups in total. The SMILES string of the molecule is COC(=O)[C@]12CC[C@H](C(C)C)[C@@H]1C1CC[C@H]3[C@@](C)(CCC4=C(C)C(=O)CC[C@@]43C)[C@@H]1CC2. The molecule has 3 heteroatoms. The van der Waals surface area contributed by atoms with Gasteiger partial charge in [0.05, 0.1) is 12.5 Å². The molecule has 0 bridgehead atoms. The van der Waals surface area contributed by atoms with Crippen LogP contribution in [0.3, 0.4) is 0 Å². The lowest BCUT2D eigenvalue weighted by atomic mass is 9.39. The summed E-state index contributed by atoms with van der Waals surface area (Å²) in [6.45, 7) is 11.9. The number of allylic oxidation sites excluding steroid dienone is 2. The number of Topliss-reactive ketones (excluding diaryl/α,β-unsaturated/α-hetero) is 1. The molecule has 1 unspecified atom stereocenters. The standard InChI is InChI=1S/C29H44O3/c1-17(2)19-9-15-29(26(31)32-6)16-11-22-20(25(19)29)7-8-24-27(4)14-12-23(30)18(3)21(27)10-13-28(22,24)5/h17,19-20,22,24-25H,7-16H2,1-6H3/t19-,20?,22-,24-,25-,27+,28+,29+/m1/s1. The molecule has 0 radical (unpaired) electrons. The molecule has 0 amide bonds. The van der Waals surface area contributed by atoms with Crippen molar-refractivity contribution in [3.8, 4) is 0 Å². The number of carbonyl (C=O) groups is 2. The highest BCUT2D eigenvalue weighted by atomic mass is 16.5. The Hall–Kier alpha value is -1.12. The Morgan fingerprint density at radius 2 is 1.72 bits per heavy atom. The topological polar surface area (TPSA) is 43.4 Å². The molecular weight excluding hydrogens is 396 g/mol. The third-order valence-electron chi connectivity index (χ3n) is 11.9. The lowest BCUT2D eigenvalue weighted by Crippen LogP contribution is -2.59. The summed E-state index contributed by atoms with van der Waals surface area (Å²) in [5, 5.41) is 0. The highest BCUT2D eigenvalue weighted by Crippen LogP contribution is 2.72. The van der Waals surface area contributed by atoms with Crippen LogP contribution >= 0.6 is 0 Å². The van der Waals surface area contributed by atoms with Crippen LogP contribution < -0.4 is 0 Å². The molecule has 4 fully saturated rings. The minimum absolute atomic E-state index is 0.0821. The summed E-state index contributed by atoms with van der Waals surface area (Å²) < 4.78 is 5.47. The summed E-state index contributed by atoms with van der Waals surface area (Å²) in [5.41, 5.74) is 2.88. The van der Waals surface area contributed by atoms with E-state index >= 15 is 0 Å². The molecule has 0 saturated heterocycles. The van der Waals surface area contributed by atoms with E-state index in [0.717, 1.165) is 37.7 Å². The van der Waals surface area contributed by atoms with Gasteiger partial charge in [-0.3, -0.25) is 9.59 Å². The van der Waals surface area contributed by atoms with Gasteiger partial charge in [0.15, 0.2) is 5.78 Å². The number of ketones is 1. The Kier molecular flexibility index (Phi) is 5.27.